The lowest BCUT2D eigenvalue weighted by Crippen LogP contribution is -2.57. The van der Waals surface area contributed by atoms with Crippen molar-refractivity contribution in [1.82, 2.24) is 9.80 Å². The van der Waals surface area contributed by atoms with E-state index < -0.39 is 11.6 Å². The molecule has 2 saturated heterocycles. The average molecular weight is 475 g/mol. The summed E-state index contributed by atoms with van der Waals surface area (Å²) in [5.41, 5.74) is 8.55. The number of piperidine rings is 1. The quantitative estimate of drug-likeness (QED) is 0.595. The molecule has 2 heterocycles. The molecule has 1 amide bonds. The number of anilines is 1. The summed E-state index contributed by atoms with van der Waals surface area (Å²) in [7, 11) is 0. The topological polar surface area (TPSA) is 73.0 Å². The van der Waals surface area contributed by atoms with Crippen LogP contribution in [-0.2, 0) is 11.2 Å². The predicted molar refractivity (Wildman–Crippen MR) is 134 cm³/mol. The van der Waals surface area contributed by atoms with Gasteiger partial charge in [-0.1, -0.05) is 36.4 Å². The van der Waals surface area contributed by atoms with Crippen LogP contribution < -0.4 is 10.6 Å². The number of β-amino-alcohol motifs (C(OH)–C–C–N with tert-alkyl or cyclic N) is 1. The van der Waals surface area contributed by atoms with Crippen LogP contribution in [0.2, 0.25) is 0 Å². The number of nitrogens with two attached hydrogens (primary N) is 1. The Kier molecular flexibility index (Phi) is 5.51. The SMILES string of the molecule is NC[C@@H](O)CN1CN(c2ccc(F)cc2)C2(CCN(C3Cc4cccc5cccc3c45)CC2)C1=O. The molecular weight excluding hydrogens is 443 g/mol. The summed E-state index contributed by atoms with van der Waals surface area (Å²) in [5.74, 6) is -0.265. The largest absolute Gasteiger partial charge is 0.390 e. The van der Waals surface area contributed by atoms with E-state index in [0.29, 0.717) is 25.6 Å². The van der Waals surface area contributed by atoms with Crippen molar-refractivity contribution < 1.29 is 14.3 Å². The van der Waals surface area contributed by atoms with Crippen LogP contribution in [0.4, 0.5) is 10.1 Å². The van der Waals surface area contributed by atoms with Crippen LogP contribution in [0.25, 0.3) is 10.8 Å². The Balaban J connectivity index is 1.27. The highest BCUT2D eigenvalue weighted by Crippen LogP contribution is 2.45. The van der Waals surface area contributed by atoms with Crippen molar-refractivity contribution in [3.63, 3.8) is 0 Å². The van der Waals surface area contributed by atoms with Crippen LogP contribution in [0, 0.1) is 5.82 Å². The van der Waals surface area contributed by atoms with Crippen molar-refractivity contribution in [2.24, 2.45) is 5.73 Å². The number of aliphatic hydroxyl groups is 1. The van der Waals surface area contributed by atoms with Gasteiger partial charge in [0.05, 0.1) is 12.8 Å². The van der Waals surface area contributed by atoms with Crippen LogP contribution in [0.5, 0.6) is 0 Å². The number of likely N-dealkylation sites (tertiary alicyclic amines) is 1. The van der Waals surface area contributed by atoms with Gasteiger partial charge in [-0.3, -0.25) is 9.69 Å². The first-order valence-corrected chi connectivity index (χ1v) is 12.5. The number of carbonyl (C=O) groups excluding carboxylic acids is 1. The standard InChI is InChI=1S/C28H31FN4O2/c29-21-7-9-22(10-8-21)33-18-32(17-23(34)16-30)27(35)28(33)11-13-31(14-12-28)25-15-20-5-1-3-19-4-2-6-24(25)26(19)20/h1-10,23,25,34H,11-18,30H2/t23-,25?/m1/s1. The molecule has 2 aliphatic heterocycles. The second-order valence-corrected chi connectivity index (χ2v) is 10.1. The number of carbonyl (C=O) groups is 1. The van der Waals surface area contributed by atoms with Crippen LogP contribution in [0.15, 0.2) is 60.7 Å². The first kappa shape index (κ1) is 22.5. The highest BCUT2D eigenvalue weighted by molar-refractivity contribution is 5.94. The van der Waals surface area contributed by atoms with Crippen LogP contribution in [-0.4, -0.2) is 65.3 Å². The Hall–Kier alpha value is -3.00. The lowest BCUT2D eigenvalue weighted by molar-refractivity contribution is -0.134. The highest BCUT2D eigenvalue weighted by Gasteiger charge is 2.54. The van der Waals surface area contributed by atoms with E-state index in [4.69, 9.17) is 5.73 Å². The summed E-state index contributed by atoms with van der Waals surface area (Å²) < 4.78 is 13.7. The molecule has 3 aliphatic rings. The lowest BCUT2D eigenvalue weighted by Gasteiger charge is -2.45. The van der Waals surface area contributed by atoms with Crippen molar-refractivity contribution >= 4 is 22.4 Å². The Bertz CT molecular complexity index is 1250. The summed E-state index contributed by atoms with van der Waals surface area (Å²) in [6, 6.07) is 19.8. The van der Waals surface area contributed by atoms with Crippen LogP contribution in [0.3, 0.4) is 0 Å². The molecule has 0 aromatic heterocycles. The number of nitrogens with zero attached hydrogens (tertiary/aromatic N) is 3. The molecule has 3 aromatic carbocycles. The molecule has 7 heteroatoms. The summed E-state index contributed by atoms with van der Waals surface area (Å²) in [6.07, 6.45) is 1.60. The van der Waals surface area contributed by atoms with E-state index in [0.717, 1.165) is 25.2 Å². The van der Waals surface area contributed by atoms with Gasteiger partial charge in [0, 0.05) is 37.9 Å². The van der Waals surface area contributed by atoms with Crippen LogP contribution >= 0.6 is 0 Å². The minimum Gasteiger partial charge on any atom is -0.390 e. The van der Waals surface area contributed by atoms with Crippen molar-refractivity contribution in [2.75, 3.05) is 37.7 Å². The van der Waals surface area contributed by atoms with Gasteiger partial charge in [-0.05, 0) is 65.4 Å². The molecule has 3 aromatic rings. The first-order valence-electron chi connectivity index (χ1n) is 12.5. The zero-order valence-corrected chi connectivity index (χ0v) is 19.7. The lowest BCUT2D eigenvalue weighted by atomic mass is 9.84. The van der Waals surface area contributed by atoms with E-state index in [9.17, 15) is 14.3 Å². The maximum atomic E-state index is 13.8. The second-order valence-electron chi connectivity index (χ2n) is 10.1. The maximum absolute atomic E-state index is 13.8. The van der Waals surface area contributed by atoms with E-state index in [2.05, 4.69) is 46.2 Å². The molecule has 6 nitrogen and oxygen atoms in total. The fourth-order valence-corrected chi connectivity index (χ4v) is 6.43. The van der Waals surface area contributed by atoms with Gasteiger partial charge in [0.15, 0.2) is 0 Å². The molecule has 6 rings (SSSR count). The van der Waals surface area contributed by atoms with Gasteiger partial charge in [0.25, 0.3) is 0 Å². The molecule has 182 valence electrons. The minimum absolute atomic E-state index is 0.0331. The van der Waals surface area contributed by atoms with Gasteiger partial charge in [0.1, 0.15) is 11.4 Å². The Labute approximate surface area is 204 Å². The fourth-order valence-electron chi connectivity index (χ4n) is 6.43. The number of hydrogen-bond donors (Lipinski definition) is 2. The molecule has 1 aliphatic carbocycles. The number of rotatable bonds is 5. The van der Waals surface area contributed by atoms with E-state index in [-0.39, 0.29) is 24.8 Å². The molecule has 35 heavy (non-hydrogen) atoms. The van der Waals surface area contributed by atoms with Crippen molar-refractivity contribution in [1.29, 1.82) is 0 Å². The third-order valence-electron chi connectivity index (χ3n) is 8.22. The number of halogens is 1. The van der Waals surface area contributed by atoms with E-state index >= 15 is 0 Å². The normalized spacial score (nSPS) is 22.5. The Morgan fingerprint density at radius 1 is 1.06 bits per heavy atom. The number of aliphatic hydroxyl groups excluding tert-OH is 1. The number of amides is 1. The molecule has 1 unspecified atom stereocenters. The fraction of sp³-hybridized carbons (Fsp3) is 0.393. The zero-order valence-electron chi connectivity index (χ0n) is 19.7. The van der Waals surface area contributed by atoms with Crippen molar-refractivity contribution in [3.8, 4) is 0 Å². The summed E-state index contributed by atoms with van der Waals surface area (Å²) >= 11 is 0. The van der Waals surface area contributed by atoms with Gasteiger partial charge < -0.3 is 20.6 Å². The second kappa shape index (κ2) is 8.59. The molecule has 3 N–H and O–H groups in total. The smallest absolute Gasteiger partial charge is 0.250 e. The number of benzene rings is 3. The average Bonchev–Trinajstić information content (AvgIpc) is 3.38. The third-order valence-corrected chi connectivity index (χ3v) is 8.22. The minimum atomic E-state index is -0.762. The Morgan fingerprint density at radius 2 is 1.77 bits per heavy atom. The van der Waals surface area contributed by atoms with Gasteiger partial charge in [-0.15, -0.1) is 0 Å². The van der Waals surface area contributed by atoms with E-state index in [1.165, 1.54) is 34.0 Å². The zero-order chi connectivity index (χ0) is 24.2. The summed E-state index contributed by atoms with van der Waals surface area (Å²) in [6.45, 7) is 2.28. The first-order chi connectivity index (χ1) is 17.0. The molecule has 0 saturated carbocycles. The Morgan fingerprint density at radius 3 is 2.49 bits per heavy atom. The molecule has 0 radical (unpaired) electrons. The third kappa shape index (κ3) is 3.61. The molecular formula is C28H31FN4O2. The summed E-state index contributed by atoms with van der Waals surface area (Å²) in [5, 5.41) is 12.8. The van der Waals surface area contributed by atoms with E-state index in [1.807, 2.05) is 0 Å². The highest BCUT2D eigenvalue weighted by atomic mass is 19.1. The summed E-state index contributed by atoms with van der Waals surface area (Å²) in [4.78, 5) is 20.1. The van der Waals surface area contributed by atoms with Crippen molar-refractivity contribution in [3.05, 3.63) is 77.6 Å². The number of hydrogen-bond acceptors (Lipinski definition) is 5. The van der Waals surface area contributed by atoms with Crippen molar-refractivity contribution in [2.45, 2.75) is 36.9 Å². The molecule has 2 fully saturated rings. The maximum Gasteiger partial charge on any atom is 0.250 e. The van der Waals surface area contributed by atoms with Crippen LogP contribution in [0.1, 0.15) is 30.0 Å². The molecule has 1 spiro atoms. The van der Waals surface area contributed by atoms with Gasteiger partial charge in [0.2, 0.25) is 5.91 Å². The van der Waals surface area contributed by atoms with Gasteiger partial charge >= 0.3 is 0 Å². The molecule has 2 atom stereocenters. The van der Waals surface area contributed by atoms with Gasteiger partial charge in [-0.25, -0.2) is 4.39 Å². The van der Waals surface area contributed by atoms with E-state index in [1.54, 1.807) is 17.0 Å². The van der Waals surface area contributed by atoms with Gasteiger partial charge in [-0.2, -0.15) is 0 Å². The monoisotopic (exact) mass is 474 g/mol. The predicted octanol–water partition coefficient (Wildman–Crippen LogP) is 3.04. The molecule has 0 bridgehead atoms.